The van der Waals surface area contributed by atoms with Crippen LogP contribution in [0.1, 0.15) is 24.0 Å². The first-order valence-electron chi connectivity index (χ1n) is 6.04. The first kappa shape index (κ1) is 14.5. The highest BCUT2D eigenvalue weighted by atomic mass is 16.5. The SMILES string of the molecule is COc1cc(C)c(N(C)C(=O)CCCO)cc1C. The van der Waals surface area contributed by atoms with Crippen molar-refractivity contribution >= 4 is 11.6 Å². The van der Waals surface area contributed by atoms with Crippen LogP contribution in [0.4, 0.5) is 5.69 Å². The van der Waals surface area contributed by atoms with Crippen molar-refractivity contribution in [1.29, 1.82) is 0 Å². The third-order valence-corrected chi connectivity index (χ3v) is 3.00. The molecule has 0 bridgehead atoms. The van der Waals surface area contributed by atoms with Crippen LogP contribution in [0, 0.1) is 13.8 Å². The predicted molar refractivity (Wildman–Crippen MR) is 72.2 cm³/mol. The second-order valence-electron chi connectivity index (χ2n) is 4.39. The molecule has 0 aromatic heterocycles. The fourth-order valence-electron chi connectivity index (χ4n) is 1.89. The molecule has 0 atom stereocenters. The number of aryl methyl sites for hydroxylation is 2. The van der Waals surface area contributed by atoms with Gasteiger partial charge in [0.25, 0.3) is 0 Å². The van der Waals surface area contributed by atoms with Crippen molar-refractivity contribution in [3.63, 3.8) is 0 Å². The number of hydrogen-bond acceptors (Lipinski definition) is 3. The van der Waals surface area contributed by atoms with Crippen molar-refractivity contribution in [3.05, 3.63) is 23.3 Å². The minimum Gasteiger partial charge on any atom is -0.496 e. The average Bonchev–Trinajstić information content (AvgIpc) is 2.37. The number of aliphatic hydroxyl groups excluding tert-OH is 1. The van der Waals surface area contributed by atoms with Gasteiger partial charge in [-0.3, -0.25) is 4.79 Å². The molecule has 1 rings (SSSR count). The molecule has 0 heterocycles. The van der Waals surface area contributed by atoms with Crippen LogP contribution < -0.4 is 9.64 Å². The first-order valence-corrected chi connectivity index (χ1v) is 6.04. The summed E-state index contributed by atoms with van der Waals surface area (Å²) in [6, 6.07) is 3.88. The molecule has 0 spiro atoms. The summed E-state index contributed by atoms with van der Waals surface area (Å²) in [6.07, 6.45) is 0.856. The molecule has 1 aromatic carbocycles. The number of rotatable bonds is 5. The summed E-state index contributed by atoms with van der Waals surface area (Å²) in [5, 5.41) is 8.75. The molecule has 4 heteroatoms. The Kier molecular flexibility index (Phi) is 5.16. The molecule has 0 aliphatic heterocycles. The summed E-state index contributed by atoms with van der Waals surface area (Å²) in [6.45, 7) is 3.95. The highest BCUT2D eigenvalue weighted by Crippen LogP contribution is 2.28. The number of aliphatic hydroxyl groups is 1. The first-order chi connectivity index (χ1) is 8.51. The van der Waals surface area contributed by atoms with Gasteiger partial charge in [0.05, 0.1) is 7.11 Å². The molecule has 1 aromatic rings. The predicted octanol–water partition coefficient (Wildman–Crippen LogP) is 2.05. The van der Waals surface area contributed by atoms with E-state index >= 15 is 0 Å². The molecule has 0 radical (unpaired) electrons. The van der Waals surface area contributed by atoms with Crippen molar-refractivity contribution in [2.45, 2.75) is 26.7 Å². The molecule has 1 N–H and O–H groups in total. The lowest BCUT2D eigenvalue weighted by Crippen LogP contribution is -2.27. The minimum absolute atomic E-state index is 0.0108. The topological polar surface area (TPSA) is 49.8 Å². The highest BCUT2D eigenvalue weighted by Gasteiger charge is 2.14. The fourth-order valence-corrected chi connectivity index (χ4v) is 1.89. The lowest BCUT2D eigenvalue weighted by molar-refractivity contribution is -0.118. The number of amides is 1. The van der Waals surface area contributed by atoms with E-state index in [1.54, 1.807) is 19.1 Å². The third-order valence-electron chi connectivity index (χ3n) is 3.00. The van der Waals surface area contributed by atoms with Crippen LogP contribution in [0.2, 0.25) is 0 Å². The second-order valence-corrected chi connectivity index (χ2v) is 4.39. The summed E-state index contributed by atoms with van der Waals surface area (Å²) in [7, 11) is 3.39. The van der Waals surface area contributed by atoms with Gasteiger partial charge in [0, 0.05) is 25.8 Å². The number of benzene rings is 1. The Bertz CT molecular complexity index is 429. The maximum atomic E-state index is 11.9. The van der Waals surface area contributed by atoms with Gasteiger partial charge in [-0.05, 0) is 43.5 Å². The van der Waals surface area contributed by atoms with E-state index in [1.165, 1.54) is 0 Å². The van der Waals surface area contributed by atoms with Crippen LogP contribution in [0.25, 0.3) is 0 Å². The van der Waals surface area contributed by atoms with Gasteiger partial charge < -0.3 is 14.7 Å². The standard InChI is InChI=1S/C14H21NO3/c1-10-9-13(18-4)11(2)8-12(10)15(3)14(17)6-5-7-16/h8-9,16H,5-7H2,1-4H3. The van der Waals surface area contributed by atoms with Gasteiger partial charge in [0.2, 0.25) is 5.91 Å². The molecular formula is C14H21NO3. The lowest BCUT2D eigenvalue weighted by Gasteiger charge is -2.21. The van der Waals surface area contributed by atoms with Gasteiger partial charge in [-0.2, -0.15) is 0 Å². The summed E-state index contributed by atoms with van der Waals surface area (Å²) >= 11 is 0. The molecule has 0 unspecified atom stereocenters. The van der Waals surface area contributed by atoms with E-state index in [0.29, 0.717) is 12.8 Å². The molecular weight excluding hydrogens is 230 g/mol. The van der Waals surface area contributed by atoms with Crippen LogP contribution in [-0.4, -0.2) is 31.8 Å². The van der Waals surface area contributed by atoms with Crippen LogP contribution in [-0.2, 0) is 4.79 Å². The zero-order valence-electron chi connectivity index (χ0n) is 11.5. The molecule has 100 valence electrons. The molecule has 1 amide bonds. The smallest absolute Gasteiger partial charge is 0.226 e. The molecule has 0 saturated heterocycles. The zero-order valence-corrected chi connectivity index (χ0v) is 11.5. The van der Waals surface area contributed by atoms with Gasteiger partial charge in [0.15, 0.2) is 0 Å². The fraction of sp³-hybridized carbons (Fsp3) is 0.500. The van der Waals surface area contributed by atoms with Gasteiger partial charge >= 0.3 is 0 Å². The Hall–Kier alpha value is -1.55. The normalized spacial score (nSPS) is 10.3. The molecule has 4 nitrogen and oxygen atoms in total. The van der Waals surface area contributed by atoms with E-state index in [2.05, 4.69) is 0 Å². The number of carbonyl (C=O) groups is 1. The Labute approximate surface area is 108 Å². The minimum atomic E-state index is 0.0108. The largest absolute Gasteiger partial charge is 0.496 e. The Balaban J connectivity index is 2.95. The highest BCUT2D eigenvalue weighted by molar-refractivity contribution is 5.93. The number of nitrogens with zero attached hydrogens (tertiary/aromatic N) is 1. The Morgan fingerprint density at radius 3 is 2.56 bits per heavy atom. The average molecular weight is 251 g/mol. The van der Waals surface area contributed by atoms with Crippen molar-refractivity contribution in [2.75, 3.05) is 25.7 Å². The van der Waals surface area contributed by atoms with E-state index in [9.17, 15) is 4.79 Å². The zero-order chi connectivity index (χ0) is 13.7. The van der Waals surface area contributed by atoms with Crippen LogP contribution >= 0.6 is 0 Å². The van der Waals surface area contributed by atoms with E-state index < -0.39 is 0 Å². The van der Waals surface area contributed by atoms with Gasteiger partial charge in [-0.15, -0.1) is 0 Å². The lowest BCUT2D eigenvalue weighted by atomic mass is 10.1. The van der Waals surface area contributed by atoms with Crippen molar-refractivity contribution in [2.24, 2.45) is 0 Å². The molecule has 18 heavy (non-hydrogen) atoms. The molecule has 0 fully saturated rings. The van der Waals surface area contributed by atoms with Gasteiger partial charge in [-0.25, -0.2) is 0 Å². The van der Waals surface area contributed by atoms with Crippen LogP contribution in [0.3, 0.4) is 0 Å². The number of anilines is 1. The molecule has 0 aliphatic carbocycles. The van der Waals surface area contributed by atoms with Crippen LogP contribution in [0.5, 0.6) is 5.75 Å². The van der Waals surface area contributed by atoms with E-state index in [1.807, 2.05) is 26.0 Å². The summed E-state index contributed by atoms with van der Waals surface area (Å²) in [5.41, 5.74) is 2.88. The van der Waals surface area contributed by atoms with Gasteiger partial charge in [-0.1, -0.05) is 0 Å². The molecule has 0 saturated carbocycles. The quantitative estimate of drug-likeness (QED) is 0.871. The van der Waals surface area contributed by atoms with Crippen LogP contribution in [0.15, 0.2) is 12.1 Å². The second kappa shape index (κ2) is 6.40. The summed E-state index contributed by atoms with van der Waals surface area (Å²) < 4.78 is 5.25. The number of methoxy groups -OCH3 is 1. The maximum Gasteiger partial charge on any atom is 0.226 e. The number of hydrogen-bond donors (Lipinski definition) is 1. The number of ether oxygens (including phenoxy) is 1. The number of carbonyl (C=O) groups excluding carboxylic acids is 1. The maximum absolute atomic E-state index is 11.9. The Morgan fingerprint density at radius 2 is 2.00 bits per heavy atom. The van der Waals surface area contributed by atoms with E-state index in [-0.39, 0.29) is 12.5 Å². The van der Waals surface area contributed by atoms with Crippen molar-refractivity contribution in [3.8, 4) is 5.75 Å². The van der Waals surface area contributed by atoms with Crippen molar-refractivity contribution in [1.82, 2.24) is 0 Å². The summed E-state index contributed by atoms with van der Waals surface area (Å²) in [4.78, 5) is 13.5. The van der Waals surface area contributed by atoms with Gasteiger partial charge in [0.1, 0.15) is 5.75 Å². The Morgan fingerprint density at radius 1 is 1.33 bits per heavy atom. The van der Waals surface area contributed by atoms with Crippen molar-refractivity contribution < 1.29 is 14.6 Å². The monoisotopic (exact) mass is 251 g/mol. The molecule has 0 aliphatic rings. The van der Waals surface area contributed by atoms with E-state index in [0.717, 1.165) is 22.6 Å². The third kappa shape index (κ3) is 3.23. The van der Waals surface area contributed by atoms with E-state index in [4.69, 9.17) is 9.84 Å². The summed E-state index contributed by atoms with van der Waals surface area (Å²) in [5.74, 6) is 0.837.